The van der Waals surface area contributed by atoms with Crippen LogP contribution in [0.3, 0.4) is 0 Å². The number of hydrogen-bond acceptors (Lipinski definition) is 3. The van der Waals surface area contributed by atoms with Gasteiger partial charge in [-0.3, -0.25) is 10.00 Å². The van der Waals surface area contributed by atoms with Crippen LogP contribution >= 0.6 is 0 Å². The average molecular weight is 285 g/mol. The molecule has 1 aliphatic carbocycles. The summed E-state index contributed by atoms with van der Waals surface area (Å²) in [5, 5.41) is 9.14. The van der Waals surface area contributed by atoms with Gasteiger partial charge in [0.25, 0.3) is 0 Å². The molecule has 21 heavy (non-hydrogen) atoms. The van der Waals surface area contributed by atoms with Gasteiger partial charge >= 0.3 is 0 Å². The minimum Gasteiger partial charge on any atom is -0.384 e. The standard InChI is InChI=1S/C17H23N3O/c1-3-20-9-11(10-21-2)7-13-12-5-4-6-14-17(12)15(19-18-14)8-16(13)20/h4-6,11,13,16H,3,7-10H2,1-2H3,(H,18,19)/t11-,13-,16-/m1/s1. The summed E-state index contributed by atoms with van der Waals surface area (Å²) < 4.78 is 5.44. The first-order chi connectivity index (χ1) is 10.3. The molecule has 0 spiro atoms. The van der Waals surface area contributed by atoms with E-state index < -0.39 is 0 Å². The van der Waals surface area contributed by atoms with Crippen LogP contribution in [-0.4, -0.2) is 47.9 Å². The van der Waals surface area contributed by atoms with Gasteiger partial charge in [0.1, 0.15) is 0 Å². The summed E-state index contributed by atoms with van der Waals surface area (Å²) >= 11 is 0. The normalized spacial score (nSPS) is 28.8. The van der Waals surface area contributed by atoms with Gasteiger partial charge in [-0.1, -0.05) is 19.1 Å². The molecule has 1 fully saturated rings. The van der Waals surface area contributed by atoms with Crippen molar-refractivity contribution in [2.45, 2.75) is 31.7 Å². The second-order valence-corrected chi connectivity index (χ2v) is 6.47. The van der Waals surface area contributed by atoms with Crippen molar-refractivity contribution in [3.63, 3.8) is 0 Å². The van der Waals surface area contributed by atoms with Crippen LogP contribution in [0.4, 0.5) is 0 Å². The van der Waals surface area contributed by atoms with Gasteiger partial charge in [0.05, 0.1) is 12.1 Å². The summed E-state index contributed by atoms with van der Waals surface area (Å²) in [6, 6.07) is 7.19. The molecular weight excluding hydrogens is 262 g/mol. The number of nitrogens with one attached hydrogen (secondary N) is 1. The summed E-state index contributed by atoms with van der Waals surface area (Å²) in [4.78, 5) is 2.64. The van der Waals surface area contributed by atoms with E-state index in [-0.39, 0.29) is 0 Å². The first-order valence-electron chi connectivity index (χ1n) is 8.00. The van der Waals surface area contributed by atoms with Gasteiger partial charge in [-0.25, -0.2) is 0 Å². The van der Waals surface area contributed by atoms with E-state index >= 15 is 0 Å². The molecule has 1 aromatic carbocycles. The second-order valence-electron chi connectivity index (χ2n) is 6.47. The Morgan fingerprint density at radius 2 is 2.33 bits per heavy atom. The molecule has 2 heterocycles. The smallest absolute Gasteiger partial charge is 0.0926 e. The molecule has 3 atom stereocenters. The molecule has 4 heteroatoms. The number of nitrogens with zero attached hydrogens (tertiary/aromatic N) is 2. The Morgan fingerprint density at radius 1 is 1.43 bits per heavy atom. The SMILES string of the molecule is CCN1C[C@H](COC)C[C@@H]2c3cccc4n[nH]c(c34)C[C@H]21. The number of rotatable bonds is 3. The van der Waals surface area contributed by atoms with E-state index in [9.17, 15) is 0 Å². The maximum atomic E-state index is 5.44. The van der Waals surface area contributed by atoms with E-state index in [1.54, 1.807) is 0 Å². The van der Waals surface area contributed by atoms with Crippen LogP contribution < -0.4 is 0 Å². The average Bonchev–Trinajstić information content (AvgIpc) is 2.92. The van der Waals surface area contributed by atoms with Gasteiger partial charge in [0.2, 0.25) is 0 Å². The fourth-order valence-electron chi connectivity index (χ4n) is 4.47. The Morgan fingerprint density at radius 3 is 3.14 bits per heavy atom. The number of aromatic nitrogens is 2. The molecule has 0 unspecified atom stereocenters. The van der Waals surface area contributed by atoms with Gasteiger partial charge in [-0.2, -0.15) is 5.10 Å². The van der Waals surface area contributed by atoms with Crippen molar-refractivity contribution in [3.8, 4) is 0 Å². The van der Waals surface area contributed by atoms with Crippen molar-refractivity contribution in [2.24, 2.45) is 5.92 Å². The van der Waals surface area contributed by atoms with Gasteiger partial charge in [-0.05, 0) is 30.5 Å². The van der Waals surface area contributed by atoms with E-state index in [0.717, 1.165) is 31.6 Å². The minimum absolute atomic E-state index is 0.613. The molecule has 0 bridgehead atoms. The molecule has 4 nitrogen and oxygen atoms in total. The first kappa shape index (κ1) is 13.3. The molecule has 1 saturated heterocycles. The zero-order chi connectivity index (χ0) is 14.4. The highest BCUT2D eigenvalue weighted by Gasteiger charge is 2.40. The number of H-pyrrole nitrogens is 1. The van der Waals surface area contributed by atoms with Gasteiger partial charge in [0, 0.05) is 43.1 Å². The molecule has 2 aromatic rings. The molecule has 1 N–H and O–H groups in total. The maximum absolute atomic E-state index is 5.44. The lowest BCUT2D eigenvalue weighted by Gasteiger charge is -2.46. The van der Waals surface area contributed by atoms with E-state index in [0.29, 0.717) is 17.9 Å². The highest BCUT2D eigenvalue weighted by atomic mass is 16.5. The minimum atomic E-state index is 0.613. The highest BCUT2D eigenvalue weighted by molar-refractivity contribution is 5.86. The van der Waals surface area contributed by atoms with E-state index in [2.05, 4.69) is 40.2 Å². The van der Waals surface area contributed by atoms with E-state index in [4.69, 9.17) is 4.74 Å². The fourth-order valence-corrected chi connectivity index (χ4v) is 4.47. The number of fused-ring (bicyclic) bond motifs is 2. The van der Waals surface area contributed by atoms with Crippen LogP contribution in [0.5, 0.6) is 0 Å². The number of piperidine rings is 1. The van der Waals surface area contributed by atoms with Crippen LogP contribution in [0.25, 0.3) is 10.9 Å². The number of aromatic amines is 1. The summed E-state index contributed by atoms with van der Waals surface area (Å²) in [7, 11) is 1.82. The lowest BCUT2D eigenvalue weighted by Crippen LogP contribution is -2.50. The monoisotopic (exact) mass is 285 g/mol. The van der Waals surface area contributed by atoms with Crippen molar-refractivity contribution in [2.75, 3.05) is 26.8 Å². The maximum Gasteiger partial charge on any atom is 0.0926 e. The highest BCUT2D eigenvalue weighted by Crippen LogP contribution is 2.43. The Balaban J connectivity index is 1.78. The van der Waals surface area contributed by atoms with E-state index in [1.807, 2.05) is 7.11 Å². The van der Waals surface area contributed by atoms with Crippen LogP contribution in [0, 0.1) is 5.92 Å². The van der Waals surface area contributed by atoms with Crippen molar-refractivity contribution in [3.05, 3.63) is 29.5 Å². The van der Waals surface area contributed by atoms with Crippen molar-refractivity contribution in [1.29, 1.82) is 0 Å². The molecule has 0 radical (unpaired) electrons. The quantitative estimate of drug-likeness (QED) is 0.942. The second kappa shape index (κ2) is 5.11. The summed E-state index contributed by atoms with van der Waals surface area (Å²) in [6.07, 6.45) is 2.34. The fraction of sp³-hybridized carbons (Fsp3) is 0.588. The molecule has 112 valence electrons. The third kappa shape index (κ3) is 2.00. The Labute approximate surface area is 125 Å². The lowest BCUT2D eigenvalue weighted by molar-refractivity contribution is 0.0457. The zero-order valence-corrected chi connectivity index (χ0v) is 12.8. The predicted octanol–water partition coefficient (Wildman–Crippen LogP) is 2.56. The van der Waals surface area contributed by atoms with Crippen molar-refractivity contribution in [1.82, 2.24) is 15.1 Å². The van der Waals surface area contributed by atoms with Crippen LogP contribution in [0.1, 0.15) is 30.5 Å². The number of likely N-dealkylation sites (tertiary alicyclic amines) is 1. The Kier molecular flexibility index (Phi) is 3.23. The summed E-state index contributed by atoms with van der Waals surface area (Å²) in [6.45, 7) is 5.41. The first-order valence-corrected chi connectivity index (χ1v) is 8.00. The van der Waals surface area contributed by atoms with Gasteiger partial charge in [-0.15, -0.1) is 0 Å². The molecule has 0 amide bonds. The zero-order valence-electron chi connectivity index (χ0n) is 12.8. The summed E-state index contributed by atoms with van der Waals surface area (Å²) in [5.74, 6) is 1.26. The number of hydrogen-bond donors (Lipinski definition) is 1. The Bertz CT molecular complexity index is 651. The summed E-state index contributed by atoms with van der Waals surface area (Å²) in [5.41, 5.74) is 3.94. The van der Waals surface area contributed by atoms with Gasteiger partial charge < -0.3 is 4.74 Å². The number of ether oxygens (including phenoxy) is 1. The molecule has 1 aliphatic heterocycles. The molecular formula is C17H23N3O. The predicted molar refractivity (Wildman–Crippen MR) is 83.6 cm³/mol. The van der Waals surface area contributed by atoms with Crippen molar-refractivity contribution >= 4 is 10.9 Å². The van der Waals surface area contributed by atoms with Crippen molar-refractivity contribution < 1.29 is 4.74 Å². The molecule has 2 aliphatic rings. The van der Waals surface area contributed by atoms with Crippen LogP contribution in [-0.2, 0) is 11.2 Å². The third-order valence-electron chi connectivity index (χ3n) is 5.32. The number of benzene rings is 1. The number of likely N-dealkylation sites (N-methyl/N-ethyl adjacent to an activating group) is 1. The molecule has 0 saturated carbocycles. The molecule has 4 rings (SSSR count). The van der Waals surface area contributed by atoms with Crippen LogP contribution in [0.2, 0.25) is 0 Å². The largest absolute Gasteiger partial charge is 0.384 e. The van der Waals surface area contributed by atoms with Crippen LogP contribution in [0.15, 0.2) is 18.2 Å². The topological polar surface area (TPSA) is 41.1 Å². The third-order valence-corrected chi connectivity index (χ3v) is 5.32. The lowest BCUT2D eigenvalue weighted by atomic mass is 9.73. The van der Waals surface area contributed by atoms with E-state index in [1.165, 1.54) is 23.1 Å². The molecule has 1 aromatic heterocycles. The van der Waals surface area contributed by atoms with Gasteiger partial charge in [0.15, 0.2) is 0 Å². The number of methoxy groups -OCH3 is 1. The Hall–Kier alpha value is -1.39.